The zero-order valence-electron chi connectivity index (χ0n) is 9.04. The van der Waals surface area contributed by atoms with Gasteiger partial charge in [-0.3, -0.25) is 9.59 Å². The van der Waals surface area contributed by atoms with Gasteiger partial charge in [-0.15, -0.1) is 0 Å². The molecule has 0 saturated carbocycles. The van der Waals surface area contributed by atoms with E-state index in [9.17, 15) is 9.59 Å². The Bertz CT molecular complexity index is 206. The third-order valence-electron chi connectivity index (χ3n) is 1.91. The highest BCUT2D eigenvalue weighted by atomic mass is 16.2. The second kappa shape index (κ2) is 6.37. The first-order valence-corrected chi connectivity index (χ1v) is 4.74. The van der Waals surface area contributed by atoms with Gasteiger partial charge in [-0.05, 0) is 6.92 Å². The summed E-state index contributed by atoms with van der Waals surface area (Å²) >= 11 is 0. The number of hydrogen-bond acceptors (Lipinski definition) is 3. The van der Waals surface area contributed by atoms with Gasteiger partial charge in [0.25, 0.3) is 0 Å². The smallest absolute Gasteiger partial charge is 0.239 e. The van der Waals surface area contributed by atoms with Gasteiger partial charge in [0.15, 0.2) is 0 Å². The molecule has 82 valence electrons. The molecule has 0 aliphatic rings. The summed E-state index contributed by atoms with van der Waals surface area (Å²) in [6.07, 6.45) is 0. The quantitative estimate of drug-likeness (QED) is 0.610. The Balaban J connectivity index is 4.01. The van der Waals surface area contributed by atoms with Crippen molar-refractivity contribution in [3.8, 4) is 0 Å². The van der Waals surface area contributed by atoms with E-state index in [1.165, 1.54) is 4.90 Å². The second-order valence-electron chi connectivity index (χ2n) is 3.28. The maximum Gasteiger partial charge on any atom is 0.239 e. The molecule has 0 aromatic carbocycles. The van der Waals surface area contributed by atoms with Crippen LogP contribution in [0.25, 0.3) is 0 Å². The molecule has 0 aromatic heterocycles. The Morgan fingerprint density at radius 1 is 1.50 bits per heavy atom. The number of amides is 2. The normalized spacial score (nSPS) is 12.0. The van der Waals surface area contributed by atoms with Crippen molar-refractivity contribution in [3.63, 3.8) is 0 Å². The summed E-state index contributed by atoms with van der Waals surface area (Å²) in [5.74, 6) is -0.472. The van der Waals surface area contributed by atoms with Crippen LogP contribution in [0, 0.1) is 5.92 Å². The highest BCUT2D eigenvalue weighted by molar-refractivity contribution is 5.85. The number of nitrogens with one attached hydrogen (secondary N) is 1. The van der Waals surface area contributed by atoms with Gasteiger partial charge in [0.1, 0.15) is 0 Å². The number of nitrogens with two attached hydrogens (primary N) is 1. The number of rotatable bonds is 5. The Morgan fingerprint density at radius 3 is 2.50 bits per heavy atom. The van der Waals surface area contributed by atoms with Crippen LogP contribution in [0.5, 0.6) is 0 Å². The molecular weight excluding hydrogens is 182 g/mol. The first-order chi connectivity index (χ1) is 6.52. The SMILES string of the molecule is CCNC(=O)CN(C)C(=O)C(C)CN. The molecule has 0 radical (unpaired) electrons. The van der Waals surface area contributed by atoms with E-state index in [4.69, 9.17) is 5.73 Å². The van der Waals surface area contributed by atoms with Gasteiger partial charge in [-0.1, -0.05) is 6.92 Å². The van der Waals surface area contributed by atoms with Crippen LogP contribution in [0.3, 0.4) is 0 Å². The van der Waals surface area contributed by atoms with Gasteiger partial charge in [0, 0.05) is 26.1 Å². The molecule has 0 bridgehead atoms. The van der Waals surface area contributed by atoms with E-state index in [2.05, 4.69) is 5.32 Å². The molecular formula is C9H19N3O2. The van der Waals surface area contributed by atoms with Crippen molar-refractivity contribution in [2.45, 2.75) is 13.8 Å². The van der Waals surface area contributed by atoms with Crippen molar-refractivity contribution in [1.29, 1.82) is 0 Å². The van der Waals surface area contributed by atoms with Gasteiger partial charge < -0.3 is 16.0 Å². The Labute approximate surface area is 84.6 Å². The number of likely N-dealkylation sites (N-methyl/N-ethyl adjacent to an activating group) is 2. The fourth-order valence-electron chi connectivity index (χ4n) is 1.02. The molecule has 2 amide bonds. The molecule has 5 nitrogen and oxygen atoms in total. The summed E-state index contributed by atoms with van der Waals surface area (Å²) in [6, 6.07) is 0. The predicted octanol–water partition coefficient (Wildman–Crippen LogP) is -0.824. The highest BCUT2D eigenvalue weighted by Crippen LogP contribution is 1.97. The molecule has 14 heavy (non-hydrogen) atoms. The standard InChI is InChI=1S/C9H19N3O2/c1-4-11-8(13)6-12(3)9(14)7(2)5-10/h7H,4-6,10H2,1-3H3,(H,11,13). The van der Waals surface area contributed by atoms with Crippen LogP contribution in [0.1, 0.15) is 13.8 Å². The van der Waals surface area contributed by atoms with E-state index < -0.39 is 0 Å². The van der Waals surface area contributed by atoms with Crippen molar-refractivity contribution < 1.29 is 9.59 Å². The molecule has 0 fully saturated rings. The fourth-order valence-corrected chi connectivity index (χ4v) is 1.02. The van der Waals surface area contributed by atoms with E-state index in [0.29, 0.717) is 13.1 Å². The molecule has 5 heteroatoms. The van der Waals surface area contributed by atoms with Crippen molar-refractivity contribution in [2.24, 2.45) is 11.7 Å². The summed E-state index contributed by atoms with van der Waals surface area (Å²) in [5, 5.41) is 2.62. The predicted molar refractivity (Wildman–Crippen MR) is 54.5 cm³/mol. The Morgan fingerprint density at radius 2 is 2.07 bits per heavy atom. The molecule has 0 rings (SSSR count). The molecule has 0 aromatic rings. The second-order valence-corrected chi connectivity index (χ2v) is 3.28. The lowest BCUT2D eigenvalue weighted by Crippen LogP contribution is -2.41. The number of hydrogen-bond donors (Lipinski definition) is 2. The topological polar surface area (TPSA) is 75.4 Å². The van der Waals surface area contributed by atoms with Crippen molar-refractivity contribution >= 4 is 11.8 Å². The van der Waals surface area contributed by atoms with E-state index in [0.717, 1.165) is 0 Å². The van der Waals surface area contributed by atoms with Crippen molar-refractivity contribution in [3.05, 3.63) is 0 Å². The fraction of sp³-hybridized carbons (Fsp3) is 0.778. The summed E-state index contributed by atoms with van der Waals surface area (Å²) < 4.78 is 0. The van der Waals surface area contributed by atoms with Crippen LogP contribution >= 0.6 is 0 Å². The molecule has 3 N–H and O–H groups in total. The molecule has 0 aliphatic carbocycles. The number of carbonyl (C=O) groups is 2. The van der Waals surface area contributed by atoms with Gasteiger partial charge in [0.2, 0.25) is 11.8 Å². The average molecular weight is 201 g/mol. The number of carbonyl (C=O) groups excluding carboxylic acids is 2. The van der Waals surface area contributed by atoms with Crippen LogP contribution in [0.4, 0.5) is 0 Å². The van der Waals surface area contributed by atoms with Gasteiger partial charge in [-0.2, -0.15) is 0 Å². The van der Waals surface area contributed by atoms with Crippen LogP contribution < -0.4 is 11.1 Å². The van der Waals surface area contributed by atoms with Crippen molar-refractivity contribution in [1.82, 2.24) is 10.2 Å². The maximum atomic E-state index is 11.5. The minimum absolute atomic E-state index is 0.0943. The Hall–Kier alpha value is -1.10. The van der Waals surface area contributed by atoms with E-state index in [1.807, 2.05) is 6.92 Å². The minimum atomic E-state index is -0.227. The largest absolute Gasteiger partial charge is 0.355 e. The lowest BCUT2D eigenvalue weighted by molar-refractivity contribution is -0.137. The Kier molecular flexibility index (Phi) is 5.87. The molecule has 0 spiro atoms. The van der Waals surface area contributed by atoms with Crippen LogP contribution in [0.2, 0.25) is 0 Å². The summed E-state index contributed by atoms with van der Waals surface area (Å²) in [6.45, 7) is 4.56. The third-order valence-corrected chi connectivity index (χ3v) is 1.91. The van der Waals surface area contributed by atoms with Crippen LogP contribution in [-0.2, 0) is 9.59 Å². The van der Waals surface area contributed by atoms with Crippen LogP contribution in [0.15, 0.2) is 0 Å². The van der Waals surface area contributed by atoms with Gasteiger partial charge in [-0.25, -0.2) is 0 Å². The van der Waals surface area contributed by atoms with Gasteiger partial charge in [0.05, 0.1) is 6.54 Å². The highest BCUT2D eigenvalue weighted by Gasteiger charge is 2.17. The van der Waals surface area contributed by atoms with Crippen LogP contribution in [-0.4, -0.2) is 43.4 Å². The zero-order valence-corrected chi connectivity index (χ0v) is 9.04. The number of nitrogens with zero attached hydrogens (tertiary/aromatic N) is 1. The summed E-state index contributed by atoms with van der Waals surface area (Å²) in [5.41, 5.74) is 5.35. The summed E-state index contributed by atoms with van der Waals surface area (Å²) in [4.78, 5) is 24.0. The molecule has 0 saturated heterocycles. The lowest BCUT2D eigenvalue weighted by Gasteiger charge is -2.19. The molecule has 1 unspecified atom stereocenters. The minimum Gasteiger partial charge on any atom is -0.355 e. The zero-order chi connectivity index (χ0) is 11.1. The van der Waals surface area contributed by atoms with E-state index in [-0.39, 0.29) is 24.3 Å². The first kappa shape index (κ1) is 12.9. The summed E-state index contributed by atoms with van der Waals surface area (Å²) in [7, 11) is 1.60. The molecule has 0 heterocycles. The maximum absolute atomic E-state index is 11.5. The van der Waals surface area contributed by atoms with Gasteiger partial charge >= 0.3 is 0 Å². The van der Waals surface area contributed by atoms with Crippen molar-refractivity contribution in [2.75, 3.05) is 26.7 Å². The first-order valence-electron chi connectivity index (χ1n) is 4.74. The monoisotopic (exact) mass is 201 g/mol. The lowest BCUT2D eigenvalue weighted by atomic mass is 10.1. The molecule has 1 atom stereocenters. The van der Waals surface area contributed by atoms with E-state index >= 15 is 0 Å². The third kappa shape index (κ3) is 4.23. The van der Waals surface area contributed by atoms with E-state index in [1.54, 1.807) is 14.0 Å². The molecule has 0 aliphatic heterocycles. The average Bonchev–Trinajstić information content (AvgIpc) is 2.15.